The quantitative estimate of drug-likeness (QED) is 0.664. The molecule has 0 radical (unpaired) electrons. The normalized spacial score (nSPS) is 10.4. The van der Waals surface area contributed by atoms with Crippen molar-refractivity contribution in [2.24, 2.45) is 0 Å². The van der Waals surface area contributed by atoms with Crippen molar-refractivity contribution in [3.05, 3.63) is 34.5 Å². The van der Waals surface area contributed by atoms with Crippen molar-refractivity contribution in [2.45, 2.75) is 6.42 Å². The van der Waals surface area contributed by atoms with Crippen LogP contribution >= 0.6 is 22.7 Å². The van der Waals surface area contributed by atoms with Crippen molar-refractivity contribution in [1.29, 1.82) is 0 Å². The van der Waals surface area contributed by atoms with Crippen LogP contribution in [0.1, 0.15) is 4.88 Å². The van der Waals surface area contributed by atoms with Crippen LogP contribution in [0.4, 0.5) is 5.13 Å². The minimum atomic E-state index is -0.125. The molecule has 0 saturated heterocycles. The molecule has 0 bridgehead atoms. The Bertz CT molecular complexity index is 868. The number of benzene rings is 1. The number of hydrogen-bond donors (Lipinski definition) is 1. The number of thiophene rings is 1. The summed E-state index contributed by atoms with van der Waals surface area (Å²) in [5.74, 6) is 1.44. The number of hydrogen-bond acceptors (Lipinski definition) is 8. The molecule has 0 aliphatic rings. The van der Waals surface area contributed by atoms with Gasteiger partial charge in [-0.15, -0.1) is 21.5 Å². The summed E-state index contributed by atoms with van der Waals surface area (Å²) in [6.45, 7) is 0. The van der Waals surface area contributed by atoms with Crippen molar-refractivity contribution < 1.29 is 19.0 Å². The van der Waals surface area contributed by atoms with Crippen LogP contribution in [0.5, 0.6) is 17.2 Å². The lowest BCUT2D eigenvalue weighted by Gasteiger charge is -2.13. The fraction of sp³-hybridized carbons (Fsp3) is 0.235. The minimum Gasteiger partial charge on any atom is -0.493 e. The summed E-state index contributed by atoms with van der Waals surface area (Å²) >= 11 is 2.82. The van der Waals surface area contributed by atoms with E-state index in [0.29, 0.717) is 33.8 Å². The average molecular weight is 391 g/mol. The summed E-state index contributed by atoms with van der Waals surface area (Å²) in [6.07, 6.45) is 0.316. The van der Waals surface area contributed by atoms with E-state index in [1.165, 1.54) is 11.3 Å². The summed E-state index contributed by atoms with van der Waals surface area (Å²) in [5.41, 5.74) is 0.760. The van der Waals surface area contributed by atoms with Gasteiger partial charge in [0.25, 0.3) is 0 Å². The van der Waals surface area contributed by atoms with E-state index < -0.39 is 0 Å². The lowest BCUT2D eigenvalue weighted by Crippen LogP contribution is -2.13. The van der Waals surface area contributed by atoms with Crippen LogP contribution in [0.25, 0.3) is 10.6 Å². The topological polar surface area (TPSA) is 82.6 Å². The molecule has 3 rings (SSSR count). The molecule has 0 fully saturated rings. The van der Waals surface area contributed by atoms with Crippen LogP contribution in [0.2, 0.25) is 0 Å². The Morgan fingerprint density at radius 1 is 1.12 bits per heavy atom. The smallest absolute Gasteiger partial charge is 0.231 e. The van der Waals surface area contributed by atoms with E-state index in [1.807, 2.05) is 17.5 Å². The van der Waals surface area contributed by atoms with E-state index in [0.717, 1.165) is 10.4 Å². The van der Waals surface area contributed by atoms with Crippen LogP contribution in [-0.2, 0) is 11.2 Å². The van der Waals surface area contributed by atoms with E-state index in [4.69, 9.17) is 14.2 Å². The molecule has 3 aromatic rings. The van der Waals surface area contributed by atoms with Gasteiger partial charge in [0.1, 0.15) is 5.01 Å². The highest BCUT2D eigenvalue weighted by molar-refractivity contribution is 7.18. The molecule has 136 valence electrons. The second-order valence-corrected chi connectivity index (χ2v) is 7.14. The standard InChI is InChI=1S/C17H17N3O4S2/c1-22-12-7-10(8-13(23-2)15(12)24-3)16-19-20-17(26-16)18-14(21)9-11-5-4-6-25-11/h4-8H,9H2,1-3H3,(H,18,20,21). The number of rotatable bonds is 7. The van der Waals surface area contributed by atoms with E-state index in [-0.39, 0.29) is 5.91 Å². The van der Waals surface area contributed by atoms with Crippen LogP contribution < -0.4 is 19.5 Å². The van der Waals surface area contributed by atoms with Gasteiger partial charge in [-0.3, -0.25) is 4.79 Å². The molecule has 1 aromatic carbocycles. The van der Waals surface area contributed by atoms with Crippen molar-refractivity contribution in [2.75, 3.05) is 26.6 Å². The van der Waals surface area contributed by atoms with Crippen molar-refractivity contribution in [1.82, 2.24) is 10.2 Å². The molecule has 0 aliphatic heterocycles. The average Bonchev–Trinajstić information content (AvgIpc) is 3.32. The van der Waals surface area contributed by atoms with Gasteiger partial charge in [0.2, 0.25) is 16.8 Å². The van der Waals surface area contributed by atoms with Gasteiger partial charge in [0.05, 0.1) is 27.8 Å². The third-order valence-electron chi connectivity index (χ3n) is 3.50. The number of ether oxygens (including phenoxy) is 3. The Balaban J connectivity index is 1.80. The summed E-state index contributed by atoms with van der Waals surface area (Å²) < 4.78 is 16.0. The third kappa shape index (κ3) is 3.94. The molecule has 0 aliphatic carbocycles. The molecule has 0 unspecified atom stereocenters. The van der Waals surface area contributed by atoms with Gasteiger partial charge < -0.3 is 19.5 Å². The van der Waals surface area contributed by atoms with Gasteiger partial charge in [0.15, 0.2) is 11.5 Å². The largest absolute Gasteiger partial charge is 0.493 e. The summed E-state index contributed by atoms with van der Waals surface area (Å²) in [6, 6.07) is 7.42. The molecule has 0 atom stereocenters. The molecular weight excluding hydrogens is 374 g/mol. The SMILES string of the molecule is COc1cc(-c2nnc(NC(=O)Cc3cccs3)s2)cc(OC)c1OC. The maximum atomic E-state index is 12.1. The molecular formula is C17H17N3O4S2. The molecule has 1 amide bonds. The summed E-state index contributed by atoms with van der Waals surface area (Å²) in [4.78, 5) is 13.1. The zero-order valence-electron chi connectivity index (χ0n) is 14.4. The molecule has 2 heterocycles. The highest BCUT2D eigenvalue weighted by Gasteiger charge is 2.17. The predicted molar refractivity (Wildman–Crippen MR) is 102 cm³/mol. The lowest BCUT2D eigenvalue weighted by atomic mass is 10.2. The van der Waals surface area contributed by atoms with Gasteiger partial charge in [-0.2, -0.15) is 0 Å². The van der Waals surface area contributed by atoms with Gasteiger partial charge in [-0.25, -0.2) is 0 Å². The first kappa shape index (κ1) is 18.2. The minimum absolute atomic E-state index is 0.125. The first-order valence-corrected chi connectivity index (χ1v) is 9.30. The van der Waals surface area contributed by atoms with E-state index in [2.05, 4.69) is 15.5 Å². The second kappa shape index (κ2) is 8.15. The predicted octanol–water partition coefficient (Wildman–Crippen LogP) is 3.47. The number of nitrogens with one attached hydrogen (secondary N) is 1. The Hall–Kier alpha value is -2.65. The molecule has 1 N–H and O–H groups in total. The van der Waals surface area contributed by atoms with Crippen LogP contribution in [0.15, 0.2) is 29.6 Å². The number of carbonyl (C=O) groups is 1. The fourth-order valence-electron chi connectivity index (χ4n) is 2.33. The zero-order valence-corrected chi connectivity index (χ0v) is 16.1. The number of aromatic nitrogens is 2. The molecule has 0 saturated carbocycles. The van der Waals surface area contributed by atoms with Gasteiger partial charge >= 0.3 is 0 Å². The van der Waals surface area contributed by atoms with Gasteiger partial charge in [-0.05, 0) is 23.6 Å². The van der Waals surface area contributed by atoms with Crippen molar-refractivity contribution in [3.8, 4) is 27.8 Å². The zero-order chi connectivity index (χ0) is 18.5. The summed E-state index contributed by atoms with van der Waals surface area (Å²) in [7, 11) is 4.65. The molecule has 26 heavy (non-hydrogen) atoms. The molecule has 9 heteroatoms. The molecule has 2 aromatic heterocycles. The second-order valence-electron chi connectivity index (χ2n) is 5.13. The Labute approximate surface area is 158 Å². The van der Waals surface area contributed by atoms with Crippen LogP contribution in [-0.4, -0.2) is 37.4 Å². The Kier molecular flexibility index (Phi) is 5.69. The first-order chi connectivity index (χ1) is 12.6. The molecule has 7 nitrogen and oxygen atoms in total. The highest BCUT2D eigenvalue weighted by Crippen LogP contribution is 2.42. The maximum absolute atomic E-state index is 12.1. The van der Waals surface area contributed by atoms with Crippen molar-refractivity contribution >= 4 is 33.7 Å². The number of nitrogens with zero attached hydrogens (tertiary/aromatic N) is 2. The van der Waals surface area contributed by atoms with E-state index in [9.17, 15) is 4.79 Å². The lowest BCUT2D eigenvalue weighted by molar-refractivity contribution is -0.115. The Morgan fingerprint density at radius 2 is 1.85 bits per heavy atom. The number of methoxy groups -OCH3 is 3. The van der Waals surface area contributed by atoms with E-state index >= 15 is 0 Å². The van der Waals surface area contributed by atoms with Crippen LogP contribution in [0.3, 0.4) is 0 Å². The first-order valence-electron chi connectivity index (χ1n) is 7.60. The summed E-state index contributed by atoms with van der Waals surface area (Å²) in [5, 5.41) is 14.0. The monoisotopic (exact) mass is 391 g/mol. The van der Waals surface area contributed by atoms with Gasteiger partial charge in [0, 0.05) is 10.4 Å². The Morgan fingerprint density at radius 3 is 2.42 bits per heavy atom. The molecule has 0 spiro atoms. The number of carbonyl (C=O) groups excluding carboxylic acids is 1. The maximum Gasteiger partial charge on any atom is 0.231 e. The number of anilines is 1. The van der Waals surface area contributed by atoms with Crippen LogP contribution in [0, 0.1) is 0 Å². The highest BCUT2D eigenvalue weighted by atomic mass is 32.1. The van der Waals surface area contributed by atoms with E-state index in [1.54, 1.807) is 44.8 Å². The third-order valence-corrected chi connectivity index (χ3v) is 5.26. The van der Waals surface area contributed by atoms with Crippen molar-refractivity contribution in [3.63, 3.8) is 0 Å². The fourth-order valence-corrected chi connectivity index (χ4v) is 3.78. The van der Waals surface area contributed by atoms with Gasteiger partial charge in [-0.1, -0.05) is 17.4 Å². The number of amides is 1.